The predicted molar refractivity (Wildman–Crippen MR) is 63.9 cm³/mol. The lowest BCUT2D eigenvalue weighted by Crippen LogP contribution is -2.43. The molecule has 0 heterocycles. The van der Waals surface area contributed by atoms with E-state index in [1.807, 2.05) is 4.72 Å². The normalized spacial score (nSPS) is 11.7. The zero-order valence-corrected chi connectivity index (χ0v) is 11.7. The fourth-order valence-corrected chi connectivity index (χ4v) is 1.61. The fraction of sp³-hybridized carbons (Fsp3) is 0.875. The highest BCUT2D eigenvalue weighted by Gasteiger charge is 2.20. The van der Waals surface area contributed by atoms with E-state index in [0.717, 1.165) is 0 Å². The van der Waals surface area contributed by atoms with Gasteiger partial charge in [0.15, 0.2) is 0 Å². The van der Waals surface area contributed by atoms with Gasteiger partial charge in [0.25, 0.3) is 5.09 Å². The maximum atomic E-state index is 11.3. The first-order chi connectivity index (χ1) is 8.52. The molecule has 0 fully saturated rings. The van der Waals surface area contributed by atoms with Gasteiger partial charge in [0.2, 0.25) is 0 Å². The topological polar surface area (TPSA) is 137 Å². The third kappa shape index (κ3) is 11.2. The fourth-order valence-electron chi connectivity index (χ4n) is 0.863. The number of amides is 1. The van der Waals surface area contributed by atoms with Crippen LogP contribution >= 0.6 is 0 Å². The van der Waals surface area contributed by atoms with Crippen LogP contribution in [-0.4, -0.2) is 38.4 Å². The van der Waals surface area contributed by atoms with Crippen molar-refractivity contribution < 1.29 is 27.9 Å². The van der Waals surface area contributed by atoms with Gasteiger partial charge < -0.3 is 9.57 Å². The molecule has 0 aromatic rings. The van der Waals surface area contributed by atoms with E-state index in [0.29, 0.717) is 0 Å². The maximum Gasteiger partial charge on any atom is 0.422 e. The summed E-state index contributed by atoms with van der Waals surface area (Å²) in [6.45, 7) is 4.39. The van der Waals surface area contributed by atoms with Gasteiger partial charge in [-0.15, -0.1) is 10.1 Å². The second-order valence-electron chi connectivity index (χ2n) is 4.41. The lowest BCUT2D eigenvalue weighted by Gasteiger charge is -2.19. The van der Waals surface area contributed by atoms with Crippen molar-refractivity contribution >= 4 is 16.3 Å². The summed E-state index contributed by atoms with van der Waals surface area (Å²) in [7, 11) is -4.05. The molecule has 0 aliphatic carbocycles. The quantitative estimate of drug-likeness (QED) is 0.381. The summed E-state index contributed by atoms with van der Waals surface area (Å²) in [5.74, 6) is 0. The number of hydrogen-bond acceptors (Lipinski definition) is 7. The van der Waals surface area contributed by atoms with Gasteiger partial charge in [-0.3, -0.25) is 0 Å². The highest BCUT2D eigenvalue weighted by molar-refractivity contribution is 7.88. The lowest BCUT2D eigenvalue weighted by molar-refractivity contribution is -0.757. The van der Waals surface area contributed by atoms with Crippen LogP contribution in [0.5, 0.6) is 0 Å². The molecule has 19 heavy (non-hydrogen) atoms. The molecule has 112 valence electrons. The molecule has 0 aromatic heterocycles. The molecule has 0 aromatic carbocycles. The van der Waals surface area contributed by atoms with E-state index < -0.39 is 27.0 Å². The van der Waals surface area contributed by atoms with E-state index in [2.05, 4.69) is 4.84 Å². The van der Waals surface area contributed by atoms with Crippen LogP contribution in [0.1, 0.15) is 27.2 Å². The van der Waals surface area contributed by atoms with Gasteiger partial charge in [-0.05, 0) is 27.2 Å². The first-order valence-corrected chi connectivity index (χ1v) is 6.78. The Morgan fingerprint density at radius 2 is 1.95 bits per heavy atom. The summed E-state index contributed by atoms with van der Waals surface area (Å²) in [6, 6.07) is 0. The van der Waals surface area contributed by atoms with Gasteiger partial charge >= 0.3 is 16.3 Å². The summed E-state index contributed by atoms with van der Waals surface area (Å²) < 4.78 is 31.0. The third-order valence-corrected chi connectivity index (χ3v) is 2.45. The molecule has 0 atom stereocenters. The van der Waals surface area contributed by atoms with E-state index in [-0.39, 0.29) is 19.6 Å². The minimum absolute atomic E-state index is 0.0796. The van der Waals surface area contributed by atoms with Crippen molar-refractivity contribution in [3.63, 3.8) is 0 Å². The summed E-state index contributed by atoms with van der Waals surface area (Å²) in [5, 5.41) is 8.83. The molecule has 0 aliphatic rings. The second-order valence-corrected chi connectivity index (χ2v) is 5.91. The molecule has 2 N–H and O–H groups in total. The molecule has 0 unspecified atom stereocenters. The Morgan fingerprint density at radius 3 is 2.42 bits per heavy atom. The maximum absolute atomic E-state index is 11.3. The lowest BCUT2D eigenvalue weighted by atomic mass is 10.2. The van der Waals surface area contributed by atoms with E-state index >= 15 is 0 Å². The molecule has 0 saturated heterocycles. The Kier molecular flexibility index (Phi) is 6.48. The van der Waals surface area contributed by atoms with Crippen molar-refractivity contribution in [2.75, 3.05) is 13.2 Å². The van der Waals surface area contributed by atoms with Crippen LogP contribution in [0.3, 0.4) is 0 Å². The Hall–Kier alpha value is -1.62. The van der Waals surface area contributed by atoms with Crippen LogP contribution in [0.4, 0.5) is 4.79 Å². The molecule has 0 spiro atoms. The highest BCUT2D eigenvalue weighted by Crippen LogP contribution is 2.06. The van der Waals surface area contributed by atoms with Gasteiger partial charge in [-0.2, -0.15) is 13.1 Å². The van der Waals surface area contributed by atoms with Crippen LogP contribution in [0, 0.1) is 10.1 Å². The minimum atomic E-state index is -4.05. The van der Waals surface area contributed by atoms with Crippen LogP contribution in [-0.2, 0) is 19.8 Å². The molecule has 11 heteroatoms. The number of hydrogen-bond donors (Lipinski definition) is 2. The van der Waals surface area contributed by atoms with E-state index in [1.165, 1.54) is 0 Å². The van der Waals surface area contributed by atoms with Crippen molar-refractivity contribution in [1.29, 1.82) is 0 Å². The Morgan fingerprint density at radius 1 is 1.37 bits per heavy atom. The average Bonchev–Trinajstić information content (AvgIpc) is 2.11. The number of nitrogens with zero attached hydrogens (tertiary/aromatic N) is 1. The van der Waals surface area contributed by atoms with E-state index in [9.17, 15) is 23.3 Å². The van der Waals surface area contributed by atoms with Gasteiger partial charge in [-0.1, -0.05) is 0 Å². The largest absolute Gasteiger partial charge is 0.443 e. The standard InChI is InChI=1S/C8H17N3O7S/c1-8(2,3)18-7(12)10-19(15,16)9-5-4-6-17-11(13)14/h9H,4-6H2,1-3H3,(H,10,12). The molecule has 10 nitrogen and oxygen atoms in total. The number of carbonyl (C=O) groups is 1. The number of rotatable bonds is 7. The van der Waals surface area contributed by atoms with Crippen molar-refractivity contribution in [3.05, 3.63) is 10.1 Å². The van der Waals surface area contributed by atoms with Crippen LogP contribution < -0.4 is 9.44 Å². The molecular formula is C8H17N3O7S. The Bertz CT molecular complexity index is 415. The van der Waals surface area contributed by atoms with Crippen molar-refractivity contribution in [2.45, 2.75) is 32.8 Å². The molecule has 0 rings (SSSR count). The molecule has 0 saturated carbocycles. The van der Waals surface area contributed by atoms with Gasteiger partial charge in [-0.25, -0.2) is 9.52 Å². The highest BCUT2D eigenvalue weighted by atomic mass is 32.2. The zero-order chi connectivity index (χ0) is 15.1. The first-order valence-electron chi connectivity index (χ1n) is 5.29. The number of carbonyl (C=O) groups excluding carboxylic acids is 1. The monoisotopic (exact) mass is 299 g/mol. The predicted octanol–water partition coefficient (Wildman–Crippen LogP) is -0.0561. The summed E-state index contributed by atoms with van der Waals surface area (Å²) in [5.41, 5.74) is -0.820. The van der Waals surface area contributed by atoms with Gasteiger partial charge in [0.1, 0.15) is 5.60 Å². The average molecular weight is 299 g/mol. The van der Waals surface area contributed by atoms with Gasteiger partial charge in [0.05, 0.1) is 6.61 Å². The van der Waals surface area contributed by atoms with Crippen LogP contribution in [0.25, 0.3) is 0 Å². The summed E-state index contributed by atoms with van der Waals surface area (Å²) in [4.78, 5) is 25.0. The summed E-state index contributed by atoms with van der Waals surface area (Å²) >= 11 is 0. The minimum Gasteiger partial charge on any atom is -0.443 e. The number of ether oxygens (including phenoxy) is 1. The van der Waals surface area contributed by atoms with Crippen LogP contribution in [0.2, 0.25) is 0 Å². The molecule has 0 radical (unpaired) electrons. The van der Waals surface area contributed by atoms with E-state index in [4.69, 9.17) is 4.74 Å². The smallest absolute Gasteiger partial charge is 0.422 e. The van der Waals surface area contributed by atoms with Crippen molar-refractivity contribution in [1.82, 2.24) is 9.44 Å². The van der Waals surface area contributed by atoms with E-state index in [1.54, 1.807) is 25.5 Å². The van der Waals surface area contributed by atoms with Crippen LogP contribution in [0.15, 0.2) is 0 Å². The third-order valence-electron chi connectivity index (χ3n) is 1.43. The number of nitrogens with one attached hydrogen (secondary N) is 2. The molecule has 0 aliphatic heterocycles. The summed E-state index contributed by atoms with van der Waals surface area (Å²) in [6.07, 6.45) is -1.03. The second kappa shape index (κ2) is 7.09. The Balaban J connectivity index is 3.99. The zero-order valence-electron chi connectivity index (χ0n) is 10.8. The molecule has 1 amide bonds. The van der Waals surface area contributed by atoms with Crippen molar-refractivity contribution in [3.8, 4) is 0 Å². The SMILES string of the molecule is CC(C)(C)OC(=O)NS(=O)(=O)NCCCO[N+](=O)[O-]. The first kappa shape index (κ1) is 17.4. The van der Waals surface area contributed by atoms with Crippen molar-refractivity contribution in [2.24, 2.45) is 0 Å². The Labute approximate surface area is 110 Å². The molecule has 0 bridgehead atoms. The van der Waals surface area contributed by atoms with Gasteiger partial charge in [0, 0.05) is 6.54 Å². The molecular weight excluding hydrogens is 282 g/mol.